The zero-order chi connectivity index (χ0) is 15.6. The predicted molar refractivity (Wildman–Crippen MR) is 80.3 cm³/mol. The second-order valence-electron chi connectivity index (χ2n) is 5.66. The molecule has 0 aliphatic heterocycles. The van der Waals surface area contributed by atoms with Gasteiger partial charge < -0.3 is 15.5 Å². The van der Waals surface area contributed by atoms with Crippen LogP contribution in [0.4, 0.5) is 5.69 Å². The van der Waals surface area contributed by atoms with Crippen LogP contribution < -0.4 is 11.1 Å². The summed E-state index contributed by atoms with van der Waals surface area (Å²) >= 11 is 5.86. The van der Waals surface area contributed by atoms with Crippen molar-refractivity contribution in [1.29, 1.82) is 0 Å². The van der Waals surface area contributed by atoms with Crippen molar-refractivity contribution in [2.75, 3.05) is 5.32 Å². The molecule has 2 aromatic rings. The van der Waals surface area contributed by atoms with Crippen LogP contribution in [0.5, 0.6) is 0 Å². The van der Waals surface area contributed by atoms with Crippen LogP contribution in [0, 0.1) is 0 Å². The van der Waals surface area contributed by atoms with E-state index in [1.807, 2.05) is 20.8 Å². The first-order valence-electron chi connectivity index (χ1n) is 6.43. The molecule has 6 nitrogen and oxygen atoms in total. The van der Waals surface area contributed by atoms with Crippen molar-refractivity contribution in [3.05, 3.63) is 40.6 Å². The minimum Gasteiger partial charge on any atom is -0.423 e. The number of carbonyl (C=O) groups excluding carboxylic acids is 1. The first kappa shape index (κ1) is 15.3. The summed E-state index contributed by atoms with van der Waals surface area (Å²) in [5.74, 6) is 0.441. The van der Waals surface area contributed by atoms with Crippen LogP contribution in [0.3, 0.4) is 0 Å². The highest BCUT2D eigenvalue weighted by Gasteiger charge is 2.21. The molecule has 1 aromatic heterocycles. The molecule has 0 spiro atoms. The van der Waals surface area contributed by atoms with Crippen LogP contribution in [0.25, 0.3) is 0 Å². The topological polar surface area (TPSA) is 94.0 Å². The Morgan fingerprint density at radius 3 is 2.67 bits per heavy atom. The Morgan fingerprint density at radius 2 is 2.10 bits per heavy atom. The van der Waals surface area contributed by atoms with Crippen molar-refractivity contribution in [1.82, 2.24) is 10.2 Å². The summed E-state index contributed by atoms with van der Waals surface area (Å²) in [6.45, 7) is 6.26. The SMILES string of the molecule is CC(C)(C)c1nnc(CNc2ccc(Cl)cc2C(N)=O)o1. The Labute approximate surface area is 127 Å². The van der Waals surface area contributed by atoms with E-state index < -0.39 is 5.91 Å². The summed E-state index contributed by atoms with van der Waals surface area (Å²) in [5.41, 5.74) is 6.01. The number of carbonyl (C=O) groups is 1. The number of amides is 1. The molecule has 0 saturated heterocycles. The molecule has 0 aliphatic rings. The lowest BCUT2D eigenvalue weighted by atomic mass is 9.97. The van der Waals surface area contributed by atoms with Crippen molar-refractivity contribution < 1.29 is 9.21 Å². The zero-order valence-corrected chi connectivity index (χ0v) is 12.9. The number of hydrogen-bond donors (Lipinski definition) is 2. The molecule has 1 amide bonds. The normalized spacial score (nSPS) is 11.4. The summed E-state index contributed by atoms with van der Waals surface area (Å²) in [4.78, 5) is 11.4. The zero-order valence-electron chi connectivity index (χ0n) is 12.1. The number of nitrogens with zero attached hydrogens (tertiary/aromatic N) is 2. The summed E-state index contributed by atoms with van der Waals surface area (Å²) in [6, 6.07) is 4.87. The summed E-state index contributed by atoms with van der Waals surface area (Å²) in [6.07, 6.45) is 0. The highest BCUT2D eigenvalue weighted by molar-refractivity contribution is 6.31. The quantitative estimate of drug-likeness (QED) is 0.905. The number of nitrogens with one attached hydrogen (secondary N) is 1. The maximum atomic E-state index is 11.4. The van der Waals surface area contributed by atoms with Gasteiger partial charge in [-0.2, -0.15) is 0 Å². The second kappa shape index (κ2) is 5.73. The second-order valence-corrected chi connectivity index (χ2v) is 6.10. The number of hydrogen-bond acceptors (Lipinski definition) is 5. The minimum absolute atomic E-state index is 0.204. The molecule has 0 atom stereocenters. The largest absolute Gasteiger partial charge is 0.423 e. The third-order valence-corrected chi connectivity index (χ3v) is 3.02. The van der Waals surface area contributed by atoms with Gasteiger partial charge in [0.15, 0.2) is 0 Å². The standard InChI is InChI=1S/C14H17ClN4O2/c1-14(2,3)13-19-18-11(21-13)7-17-10-5-4-8(15)6-9(10)12(16)20/h4-6,17H,7H2,1-3H3,(H2,16,20). The van der Waals surface area contributed by atoms with Gasteiger partial charge >= 0.3 is 0 Å². The van der Waals surface area contributed by atoms with E-state index in [0.717, 1.165) is 0 Å². The van der Waals surface area contributed by atoms with Gasteiger partial charge in [0.05, 0.1) is 12.1 Å². The van der Waals surface area contributed by atoms with Gasteiger partial charge in [0, 0.05) is 16.1 Å². The first-order valence-corrected chi connectivity index (χ1v) is 6.81. The van der Waals surface area contributed by atoms with E-state index in [2.05, 4.69) is 15.5 Å². The van der Waals surface area contributed by atoms with Gasteiger partial charge in [0.2, 0.25) is 11.8 Å². The van der Waals surface area contributed by atoms with E-state index >= 15 is 0 Å². The Hall–Kier alpha value is -2.08. The van der Waals surface area contributed by atoms with Gasteiger partial charge in [-0.05, 0) is 18.2 Å². The summed E-state index contributed by atoms with van der Waals surface area (Å²) < 4.78 is 5.57. The van der Waals surface area contributed by atoms with E-state index in [9.17, 15) is 4.79 Å². The third-order valence-electron chi connectivity index (χ3n) is 2.79. The van der Waals surface area contributed by atoms with E-state index in [-0.39, 0.29) is 5.41 Å². The molecule has 0 bridgehead atoms. The molecule has 3 N–H and O–H groups in total. The van der Waals surface area contributed by atoms with E-state index in [1.54, 1.807) is 12.1 Å². The van der Waals surface area contributed by atoms with E-state index in [0.29, 0.717) is 34.6 Å². The number of primary amides is 1. The Balaban J connectivity index is 2.13. The highest BCUT2D eigenvalue weighted by atomic mass is 35.5. The van der Waals surface area contributed by atoms with Crippen LogP contribution in [0.1, 0.15) is 42.9 Å². The molecule has 0 radical (unpaired) electrons. The summed E-state index contributed by atoms with van der Waals surface area (Å²) in [5, 5.41) is 11.5. The van der Waals surface area contributed by atoms with Crippen molar-refractivity contribution >= 4 is 23.2 Å². The highest BCUT2D eigenvalue weighted by Crippen LogP contribution is 2.22. The lowest BCUT2D eigenvalue weighted by molar-refractivity contribution is 0.100. The lowest BCUT2D eigenvalue weighted by Gasteiger charge is -2.11. The van der Waals surface area contributed by atoms with E-state index in [4.69, 9.17) is 21.8 Å². The van der Waals surface area contributed by atoms with Crippen LogP contribution in [0.15, 0.2) is 22.6 Å². The molecule has 0 aliphatic carbocycles. The van der Waals surface area contributed by atoms with Crippen LogP contribution >= 0.6 is 11.6 Å². The lowest BCUT2D eigenvalue weighted by Crippen LogP contribution is -2.14. The van der Waals surface area contributed by atoms with Gasteiger partial charge in [-0.1, -0.05) is 32.4 Å². The smallest absolute Gasteiger partial charge is 0.250 e. The number of nitrogens with two attached hydrogens (primary N) is 1. The molecule has 112 valence electrons. The molecule has 7 heteroatoms. The third kappa shape index (κ3) is 3.72. The maximum Gasteiger partial charge on any atom is 0.250 e. The Morgan fingerprint density at radius 1 is 1.38 bits per heavy atom. The van der Waals surface area contributed by atoms with Crippen LogP contribution in [-0.4, -0.2) is 16.1 Å². The molecular weight excluding hydrogens is 292 g/mol. The number of benzene rings is 1. The average Bonchev–Trinajstić information content (AvgIpc) is 2.85. The average molecular weight is 309 g/mol. The monoisotopic (exact) mass is 308 g/mol. The number of halogens is 1. The fourth-order valence-electron chi connectivity index (χ4n) is 1.67. The molecule has 1 aromatic carbocycles. The predicted octanol–water partition coefficient (Wildman–Crippen LogP) is 2.73. The van der Waals surface area contributed by atoms with E-state index in [1.165, 1.54) is 6.07 Å². The molecule has 1 heterocycles. The van der Waals surface area contributed by atoms with Crippen LogP contribution in [-0.2, 0) is 12.0 Å². The van der Waals surface area contributed by atoms with Gasteiger partial charge in [-0.3, -0.25) is 4.79 Å². The molecule has 0 fully saturated rings. The van der Waals surface area contributed by atoms with Gasteiger partial charge in [0.25, 0.3) is 5.91 Å². The molecule has 2 rings (SSSR count). The van der Waals surface area contributed by atoms with Crippen LogP contribution in [0.2, 0.25) is 5.02 Å². The van der Waals surface area contributed by atoms with Gasteiger partial charge in [-0.15, -0.1) is 10.2 Å². The number of rotatable bonds is 4. The van der Waals surface area contributed by atoms with Crippen molar-refractivity contribution in [2.24, 2.45) is 5.73 Å². The van der Waals surface area contributed by atoms with Crippen molar-refractivity contribution in [3.8, 4) is 0 Å². The first-order chi connectivity index (χ1) is 9.77. The molecule has 0 unspecified atom stereocenters. The molecular formula is C14H17ClN4O2. The van der Waals surface area contributed by atoms with Crippen molar-refractivity contribution in [3.63, 3.8) is 0 Å². The molecule has 0 saturated carbocycles. The summed E-state index contributed by atoms with van der Waals surface area (Å²) in [7, 11) is 0. The van der Waals surface area contributed by atoms with Crippen molar-refractivity contribution in [2.45, 2.75) is 32.7 Å². The molecule has 21 heavy (non-hydrogen) atoms. The maximum absolute atomic E-state index is 11.4. The van der Waals surface area contributed by atoms with Gasteiger partial charge in [-0.25, -0.2) is 0 Å². The minimum atomic E-state index is -0.555. The van der Waals surface area contributed by atoms with Gasteiger partial charge in [0.1, 0.15) is 0 Å². The Bertz CT molecular complexity index is 661. The fourth-order valence-corrected chi connectivity index (χ4v) is 1.85. The Kier molecular flexibility index (Phi) is 4.18. The number of aromatic nitrogens is 2. The number of anilines is 1. The fraction of sp³-hybridized carbons (Fsp3) is 0.357.